The monoisotopic (exact) mass is 649 g/mol. The van der Waals surface area contributed by atoms with Gasteiger partial charge in [-0.25, -0.2) is 0 Å². The predicted octanol–water partition coefficient (Wildman–Crippen LogP) is 7.71. The Morgan fingerprint density at radius 3 is 0.933 bits per heavy atom. The Hall–Kier alpha value is -0.810. The van der Waals surface area contributed by atoms with Crippen molar-refractivity contribution in [3.8, 4) is 0 Å². The minimum atomic E-state index is -0.131. The van der Waals surface area contributed by atoms with Gasteiger partial charge in [-0.1, -0.05) is 110 Å². The van der Waals surface area contributed by atoms with Crippen molar-refractivity contribution in [1.82, 2.24) is 0 Å². The molecular formula is C36H72O9. The molecule has 0 aromatic heterocycles. The molecule has 0 heterocycles. The minimum absolute atomic E-state index is 0.131. The van der Waals surface area contributed by atoms with Crippen LogP contribution in [0.2, 0.25) is 0 Å². The average molecular weight is 649 g/mol. The molecule has 0 spiro atoms. The molecule has 0 rings (SSSR count). The first-order valence-corrected chi connectivity index (χ1v) is 18.5. The Bertz CT molecular complexity index is 551. The van der Waals surface area contributed by atoms with Crippen LogP contribution in [0.3, 0.4) is 0 Å². The topological polar surface area (TPSA) is 90.9 Å². The molecular weight excluding hydrogens is 576 g/mol. The van der Waals surface area contributed by atoms with E-state index in [0.29, 0.717) is 98.9 Å². The van der Waals surface area contributed by atoms with E-state index in [1.165, 1.54) is 89.9 Å². The molecule has 0 amide bonds. The van der Waals surface area contributed by atoms with Crippen molar-refractivity contribution in [1.29, 1.82) is 0 Å². The summed E-state index contributed by atoms with van der Waals surface area (Å²) >= 11 is 0. The maximum absolute atomic E-state index is 11.7. The van der Waals surface area contributed by atoms with Crippen LogP contribution in [0, 0.1) is 0 Å². The highest BCUT2D eigenvalue weighted by Crippen LogP contribution is 2.11. The number of ether oxygens (including phenoxy) is 8. The minimum Gasteiger partial charge on any atom is -0.463 e. The summed E-state index contributed by atoms with van der Waals surface area (Å²) in [6.07, 6.45) is 22.3. The third-order valence-corrected chi connectivity index (χ3v) is 7.35. The van der Waals surface area contributed by atoms with Gasteiger partial charge in [0.05, 0.1) is 85.9 Å². The molecule has 9 heteroatoms. The summed E-state index contributed by atoms with van der Waals surface area (Å²) in [6.45, 7) is 12.5. The van der Waals surface area contributed by atoms with Crippen molar-refractivity contribution < 1.29 is 42.7 Å². The Morgan fingerprint density at radius 2 is 0.578 bits per heavy atom. The lowest BCUT2D eigenvalue weighted by Gasteiger charge is -2.09. The Kier molecular flexibility index (Phi) is 40.5. The second-order valence-corrected chi connectivity index (χ2v) is 11.6. The number of hydrogen-bond acceptors (Lipinski definition) is 9. The molecule has 0 aliphatic heterocycles. The molecule has 0 N–H and O–H groups in total. The Labute approximate surface area is 277 Å². The zero-order valence-corrected chi connectivity index (χ0v) is 29.5. The fourth-order valence-electron chi connectivity index (χ4n) is 4.63. The second kappa shape index (κ2) is 41.2. The van der Waals surface area contributed by atoms with Gasteiger partial charge in [0.15, 0.2) is 0 Å². The zero-order chi connectivity index (χ0) is 32.6. The molecule has 0 saturated carbocycles. The van der Waals surface area contributed by atoms with Crippen LogP contribution in [-0.2, 0) is 42.7 Å². The molecule has 0 aromatic rings. The lowest BCUT2D eigenvalue weighted by Crippen LogP contribution is -2.15. The number of esters is 1. The van der Waals surface area contributed by atoms with Gasteiger partial charge in [0, 0.05) is 13.0 Å². The molecule has 0 aromatic carbocycles. The van der Waals surface area contributed by atoms with E-state index in [1.54, 1.807) is 0 Å². The summed E-state index contributed by atoms with van der Waals surface area (Å²) in [5.41, 5.74) is 0. The van der Waals surface area contributed by atoms with Gasteiger partial charge in [0.1, 0.15) is 6.61 Å². The van der Waals surface area contributed by atoms with E-state index in [1.807, 2.05) is 0 Å². The molecule has 0 aliphatic rings. The van der Waals surface area contributed by atoms with Crippen molar-refractivity contribution >= 4 is 5.97 Å². The van der Waals surface area contributed by atoms with Gasteiger partial charge in [-0.2, -0.15) is 0 Å². The molecule has 0 atom stereocenters. The fourth-order valence-corrected chi connectivity index (χ4v) is 4.63. The van der Waals surface area contributed by atoms with E-state index < -0.39 is 0 Å². The lowest BCUT2D eigenvalue weighted by molar-refractivity contribution is -0.145. The van der Waals surface area contributed by atoms with E-state index in [4.69, 9.17) is 37.9 Å². The summed E-state index contributed by atoms with van der Waals surface area (Å²) < 4.78 is 43.8. The average Bonchev–Trinajstić information content (AvgIpc) is 3.05. The van der Waals surface area contributed by atoms with Crippen molar-refractivity contribution in [3.05, 3.63) is 0 Å². The molecule has 270 valence electrons. The molecule has 0 saturated heterocycles. The Balaban J connectivity index is 3.09. The number of rotatable bonds is 40. The SMILES string of the molecule is CCCCCCCCCCCCOCCOCCOCCOCCOCCOCCOCCOC(=O)CCCCCCCCC. The van der Waals surface area contributed by atoms with E-state index >= 15 is 0 Å². The maximum atomic E-state index is 11.7. The first kappa shape index (κ1) is 44.2. The van der Waals surface area contributed by atoms with Crippen LogP contribution in [0.25, 0.3) is 0 Å². The number of carbonyl (C=O) groups excluding carboxylic acids is 1. The van der Waals surface area contributed by atoms with Crippen LogP contribution < -0.4 is 0 Å². The highest BCUT2D eigenvalue weighted by Gasteiger charge is 2.03. The van der Waals surface area contributed by atoms with Gasteiger partial charge >= 0.3 is 5.97 Å². The van der Waals surface area contributed by atoms with Crippen molar-refractivity contribution in [3.63, 3.8) is 0 Å². The molecule has 0 radical (unpaired) electrons. The van der Waals surface area contributed by atoms with E-state index in [-0.39, 0.29) is 5.97 Å². The first-order chi connectivity index (χ1) is 22.3. The molecule has 0 fully saturated rings. The van der Waals surface area contributed by atoms with Gasteiger partial charge in [0.2, 0.25) is 0 Å². The second-order valence-electron chi connectivity index (χ2n) is 11.6. The number of unbranched alkanes of at least 4 members (excludes halogenated alkanes) is 15. The van der Waals surface area contributed by atoms with E-state index in [2.05, 4.69) is 13.8 Å². The maximum Gasteiger partial charge on any atom is 0.305 e. The van der Waals surface area contributed by atoms with Crippen molar-refractivity contribution in [2.24, 2.45) is 0 Å². The van der Waals surface area contributed by atoms with E-state index in [0.717, 1.165) is 25.9 Å². The van der Waals surface area contributed by atoms with Crippen LogP contribution in [0.1, 0.15) is 129 Å². The summed E-state index contributed by atoms with van der Waals surface area (Å²) in [5, 5.41) is 0. The first-order valence-electron chi connectivity index (χ1n) is 18.5. The third-order valence-electron chi connectivity index (χ3n) is 7.35. The van der Waals surface area contributed by atoms with Gasteiger partial charge in [0.25, 0.3) is 0 Å². The van der Waals surface area contributed by atoms with E-state index in [9.17, 15) is 4.79 Å². The number of hydrogen-bond donors (Lipinski definition) is 0. The largest absolute Gasteiger partial charge is 0.463 e. The third kappa shape index (κ3) is 41.2. The lowest BCUT2D eigenvalue weighted by atomic mass is 10.1. The van der Waals surface area contributed by atoms with Gasteiger partial charge < -0.3 is 37.9 Å². The van der Waals surface area contributed by atoms with Crippen LogP contribution in [0.4, 0.5) is 0 Å². The molecule has 0 aliphatic carbocycles. The quantitative estimate of drug-likeness (QED) is 0.0489. The summed E-state index contributed by atoms with van der Waals surface area (Å²) in [6, 6.07) is 0. The van der Waals surface area contributed by atoms with Crippen molar-refractivity contribution in [2.75, 3.05) is 99.1 Å². The molecule has 0 bridgehead atoms. The van der Waals surface area contributed by atoms with Crippen LogP contribution in [0.5, 0.6) is 0 Å². The smallest absolute Gasteiger partial charge is 0.305 e. The Morgan fingerprint density at radius 1 is 0.311 bits per heavy atom. The molecule has 45 heavy (non-hydrogen) atoms. The summed E-state index contributed by atoms with van der Waals surface area (Å²) in [5.74, 6) is -0.131. The van der Waals surface area contributed by atoms with Gasteiger partial charge in [-0.15, -0.1) is 0 Å². The van der Waals surface area contributed by atoms with Crippen molar-refractivity contribution in [2.45, 2.75) is 129 Å². The summed E-state index contributed by atoms with van der Waals surface area (Å²) in [4.78, 5) is 11.7. The highest BCUT2D eigenvalue weighted by atomic mass is 16.6. The van der Waals surface area contributed by atoms with Crippen LogP contribution in [0.15, 0.2) is 0 Å². The summed E-state index contributed by atoms with van der Waals surface area (Å²) in [7, 11) is 0. The molecule has 9 nitrogen and oxygen atoms in total. The van der Waals surface area contributed by atoms with Gasteiger partial charge in [-0.05, 0) is 12.8 Å². The van der Waals surface area contributed by atoms with Crippen LogP contribution >= 0.6 is 0 Å². The fraction of sp³-hybridized carbons (Fsp3) is 0.972. The molecule has 0 unspecified atom stereocenters. The highest BCUT2D eigenvalue weighted by molar-refractivity contribution is 5.69. The van der Waals surface area contributed by atoms with Crippen LogP contribution in [-0.4, -0.2) is 105 Å². The standard InChI is InChI=1S/C36H72O9/c1-3-5-7-9-11-12-13-15-17-19-21-38-22-23-39-24-25-40-26-27-41-28-29-42-30-31-43-32-33-44-34-35-45-36(37)20-18-16-14-10-8-6-4-2/h3-35H2,1-2H3. The van der Waals surface area contributed by atoms with Gasteiger partial charge in [-0.3, -0.25) is 4.79 Å². The normalized spacial score (nSPS) is 11.4. The zero-order valence-electron chi connectivity index (χ0n) is 29.5. The number of carbonyl (C=O) groups is 1. The predicted molar refractivity (Wildman–Crippen MR) is 181 cm³/mol.